The van der Waals surface area contributed by atoms with Crippen LogP contribution >= 0.6 is 0 Å². The molecule has 0 fully saturated rings. The van der Waals surface area contributed by atoms with Gasteiger partial charge in [-0.15, -0.1) is 0 Å². The summed E-state index contributed by atoms with van der Waals surface area (Å²) in [6, 6.07) is 49.1. The molecule has 0 spiro atoms. The maximum absolute atomic E-state index is 4.89. The lowest BCUT2D eigenvalue weighted by molar-refractivity contribution is 0.661. The van der Waals surface area contributed by atoms with E-state index in [1.165, 1.54) is 44.2 Å². The standard InChI is InChI=1S/C40H29N3/c1-40(2)35-25-32(21-22-33(35)34-23-30-15-9-10-16-31(30)24-36(34)40)26-17-19-29(20-18-26)39-42-37(27-11-5-3-6-12-27)41-38(43-39)28-13-7-4-8-14-28/h3-25H,1-2H3. The fraction of sp³-hybridized carbons (Fsp3) is 0.0750. The maximum Gasteiger partial charge on any atom is 0.164 e. The summed E-state index contributed by atoms with van der Waals surface area (Å²) in [5, 5.41) is 2.58. The van der Waals surface area contributed by atoms with E-state index in [9.17, 15) is 0 Å². The monoisotopic (exact) mass is 551 g/mol. The highest BCUT2D eigenvalue weighted by Crippen LogP contribution is 2.50. The predicted molar refractivity (Wildman–Crippen MR) is 177 cm³/mol. The molecule has 0 bridgehead atoms. The minimum atomic E-state index is -0.0722. The third kappa shape index (κ3) is 4.33. The third-order valence-electron chi connectivity index (χ3n) is 8.72. The molecule has 0 amide bonds. The van der Waals surface area contributed by atoms with Crippen molar-refractivity contribution in [3.05, 3.63) is 151 Å². The first-order valence-electron chi connectivity index (χ1n) is 14.7. The van der Waals surface area contributed by atoms with Gasteiger partial charge >= 0.3 is 0 Å². The van der Waals surface area contributed by atoms with Crippen molar-refractivity contribution in [1.29, 1.82) is 0 Å². The Hall–Kier alpha value is -5.41. The van der Waals surface area contributed by atoms with E-state index >= 15 is 0 Å². The molecule has 1 aromatic heterocycles. The molecule has 0 radical (unpaired) electrons. The van der Waals surface area contributed by atoms with Crippen LogP contribution in [0.2, 0.25) is 0 Å². The average molecular weight is 552 g/mol. The van der Waals surface area contributed by atoms with Crippen molar-refractivity contribution in [1.82, 2.24) is 15.0 Å². The van der Waals surface area contributed by atoms with Crippen LogP contribution in [0.5, 0.6) is 0 Å². The van der Waals surface area contributed by atoms with Gasteiger partial charge in [0.25, 0.3) is 0 Å². The van der Waals surface area contributed by atoms with Gasteiger partial charge in [-0.05, 0) is 62.4 Å². The molecule has 0 atom stereocenters. The molecular formula is C40H29N3. The van der Waals surface area contributed by atoms with Crippen LogP contribution in [0.15, 0.2) is 140 Å². The van der Waals surface area contributed by atoms with E-state index in [0.29, 0.717) is 17.5 Å². The van der Waals surface area contributed by atoms with Crippen molar-refractivity contribution in [2.75, 3.05) is 0 Å². The Morgan fingerprint density at radius 2 is 0.814 bits per heavy atom. The molecule has 0 N–H and O–H groups in total. The van der Waals surface area contributed by atoms with Crippen molar-refractivity contribution in [3.8, 4) is 56.4 Å². The lowest BCUT2D eigenvalue weighted by Crippen LogP contribution is -2.15. The summed E-state index contributed by atoms with van der Waals surface area (Å²) < 4.78 is 0. The summed E-state index contributed by atoms with van der Waals surface area (Å²) in [5.74, 6) is 2.00. The number of benzene rings is 6. The SMILES string of the molecule is CC1(C)c2cc(-c3ccc(-c4nc(-c5ccccc5)nc(-c5ccccc5)n4)cc3)ccc2-c2cc3ccccc3cc21. The van der Waals surface area contributed by atoms with E-state index in [1.807, 2.05) is 60.7 Å². The molecule has 43 heavy (non-hydrogen) atoms. The van der Waals surface area contributed by atoms with E-state index < -0.39 is 0 Å². The van der Waals surface area contributed by atoms with Crippen molar-refractivity contribution in [2.45, 2.75) is 19.3 Å². The molecule has 3 nitrogen and oxygen atoms in total. The van der Waals surface area contributed by atoms with Crippen LogP contribution in [0.1, 0.15) is 25.0 Å². The first-order valence-corrected chi connectivity index (χ1v) is 14.7. The van der Waals surface area contributed by atoms with Gasteiger partial charge in [-0.2, -0.15) is 0 Å². The van der Waals surface area contributed by atoms with Crippen LogP contribution in [-0.2, 0) is 5.41 Å². The van der Waals surface area contributed by atoms with Crippen LogP contribution in [-0.4, -0.2) is 15.0 Å². The fourth-order valence-electron chi connectivity index (χ4n) is 6.35. The first kappa shape index (κ1) is 25.3. The van der Waals surface area contributed by atoms with Crippen molar-refractivity contribution >= 4 is 10.8 Å². The zero-order valence-corrected chi connectivity index (χ0v) is 24.1. The summed E-state index contributed by atoms with van der Waals surface area (Å²) in [6.45, 7) is 4.68. The van der Waals surface area contributed by atoms with E-state index in [4.69, 9.17) is 15.0 Å². The number of aromatic nitrogens is 3. The quantitative estimate of drug-likeness (QED) is 0.218. The summed E-state index contributed by atoms with van der Waals surface area (Å²) >= 11 is 0. The molecule has 1 heterocycles. The molecule has 8 rings (SSSR count). The summed E-state index contributed by atoms with van der Waals surface area (Å²) in [6.07, 6.45) is 0. The minimum Gasteiger partial charge on any atom is -0.208 e. The van der Waals surface area contributed by atoms with Gasteiger partial charge in [0.05, 0.1) is 0 Å². The lowest BCUT2D eigenvalue weighted by atomic mass is 9.81. The Labute approximate surface area is 251 Å². The van der Waals surface area contributed by atoms with Crippen LogP contribution in [0.4, 0.5) is 0 Å². The Kier molecular flexibility index (Phi) is 5.80. The second-order valence-corrected chi connectivity index (χ2v) is 11.7. The summed E-state index contributed by atoms with van der Waals surface area (Å²) in [4.78, 5) is 14.6. The fourth-order valence-corrected chi connectivity index (χ4v) is 6.35. The van der Waals surface area contributed by atoms with Crippen LogP contribution in [0.25, 0.3) is 67.2 Å². The maximum atomic E-state index is 4.89. The highest BCUT2D eigenvalue weighted by molar-refractivity contribution is 5.94. The van der Waals surface area contributed by atoms with Crippen LogP contribution < -0.4 is 0 Å². The van der Waals surface area contributed by atoms with Crippen LogP contribution in [0.3, 0.4) is 0 Å². The Bertz CT molecular complexity index is 2070. The van der Waals surface area contributed by atoms with Gasteiger partial charge in [0.2, 0.25) is 0 Å². The first-order chi connectivity index (χ1) is 21.0. The van der Waals surface area contributed by atoms with Gasteiger partial charge in [-0.1, -0.05) is 135 Å². The van der Waals surface area contributed by atoms with Gasteiger partial charge in [0.15, 0.2) is 17.5 Å². The van der Waals surface area contributed by atoms with Gasteiger partial charge in [-0.3, -0.25) is 0 Å². The largest absolute Gasteiger partial charge is 0.208 e. The Morgan fingerprint density at radius 1 is 0.372 bits per heavy atom. The molecule has 7 aromatic rings. The molecule has 0 saturated heterocycles. The molecule has 0 saturated carbocycles. The Morgan fingerprint density at radius 3 is 1.40 bits per heavy atom. The second kappa shape index (κ2) is 9.85. The minimum absolute atomic E-state index is 0.0722. The highest BCUT2D eigenvalue weighted by atomic mass is 15.0. The van der Waals surface area contributed by atoms with E-state index in [0.717, 1.165) is 16.7 Å². The Balaban J connectivity index is 1.17. The summed E-state index contributed by atoms with van der Waals surface area (Å²) in [5.41, 5.74) is 10.6. The van der Waals surface area contributed by atoms with E-state index in [2.05, 4.69) is 92.7 Å². The van der Waals surface area contributed by atoms with E-state index in [1.54, 1.807) is 0 Å². The van der Waals surface area contributed by atoms with Crippen molar-refractivity contribution in [3.63, 3.8) is 0 Å². The third-order valence-corrected chi connectivity index (χ3v) is 8.72. The van der Waals surface area contributed by atoms with Gasteiger partial charge < -0.3 is 0 Å². The zero-order chi connectivity index (χ0) is 29.0. The molecule has 0 aliphatic heterocycles. The lowest BCUT2D eigenvalue weighted by Gasteiger charge is -2.22. The molecule has 1 aliphatic carbocycles. The van der Waals surface area contributed by atoms with Crippen LogP contribution in [0, 0.1) is 0 Å². The molecule has 0 unspecified atom stereocenters. The van der Waals surface area contributed by atoms with Crippen molar-refractivity contribution < 1.29 is 0 Å². The van der Waals surface area contributed by atoms with Crippen molar-refractivity contribution in [2.24, 2.45) is 0 Å². The number of rotatable bonds is 4. The van der Waals surface area contributed by atoms with Gasteiger partial charge in [0, 0.05) is 22.1 Å². The second-order valence-electron chi connectivity index (χ2n) is 11.7. The van der Waals surface area contributed by atoms with E-state index in [-0.39, 0.29) is 5.41 Å². The molecule has 204 valence electrons. The molecule has 6 aromatic carbocycles. The number of fused-ring (bicyclic) bond motifs is 4. The van der Waals surface area contributed by atoms with Gasteiger partial charge in [-0.25, -0.2) is 15.0 Å². The smallest absolute Gasteiger partial charge is 0.164 e. The number of nitrogens with zero attached hydrogens (tertiary/aromatic N) is 3. The summed E-state index contributed by atoms with van der Waals surface area (Å²) in [7, 11) is 0. The normalized spacial score (nSPS) is 13.1. The average Bonchev–Trinajstić information content (AvgIpc) is 3.29. The zero-order valence-electron chi connectivity index (χ0n) is 24.1. The molecular weight excluding hydrogens is 522 g/mol. The topological polar surface area (TPSA) is 38.7 Å². The number of hydrogen-bond donors (Lipinski definition) is 0. The number of hydrogen-bond acceptors (Lipinski definition) is 3. The predicted octanol–water partition coefficient (Wildman–Crippen LogP) is 10.00. The highest BCUT2D eigenvalue weighted by Gasteiger charge is 2.35. The molecule has 1 aliphatic rings. The molecule has 3 heteroatoms. The van der Waals surface area contributed by atoms with Gasteiger partial charge in [0.1, 0.15) is 0 Å².